The van der Waals surface area contributed by atoms with Gasteiger partial charge in [-0.15, -0.1) is 24.0 Å². The molecule has 4 rings (SSSR count). The van der Waals surface area contributed by atoms with E-state index in [0.29, 0.717) is 11.5 Å². The van der Waals surface area contributed by atoms with Crippen molar-refractivity contribution in [3.8, 4) is 0 Å². The van der Waals surface area contributed by atoms with E-state index < -0.39 is 0 Å². The Morgan fingerprint density at radius 1 is 1.13 bits per heavy atom. The molecule has 4 aliphatic rings. The van der Waals surface area contributed by atoms with E-state index >= 15 is 0 Å². The molecule has 2 bridgehead atoms. The molecule has 134 valence electrons. The number of hydrogen-bond donors (Lipinski definition) is 2. The van der Waals surface area contributed by atoms with Crippen LogP contribution < -0.4 is 10.6 Å². The number of nitrogens with zero attached hydrogens (tertiary/aromatic N) is 3. The van der Waals surface area contributed by atoms with Gasteiger partial charge in [-0.25, -0.2) is 0 Å². The standard InChI is InChI=1S/C17H33N5.HI/c1-3-17(6-4-5-7-17)14-20-16(18-2)19-12-15-13-21-8-10-22(15)11-9-21;/h15H,3-14H2,1-2H3,(H2,18,19,20);1H. The van der Waals surface area contributed by atoms with Gasteiger partial charge in [-0.05, 0) is 24.7 Å². The maximum absolute atomic E-state index is 4.42. The van der Waals surface area contributed by atoms with Crippen LogP contribution in [0.3, 0.4) is 0 Å². The Hall–Kier alpha value is -0.0800. The van der Waals surface area contributed by atoms with Crippen LogP contribution in [0.5, 0.6) is 0 Å². The molecule has 0 amide bonds. The summed E-state index contributed by atoms with van der Waals surface area (Å²) in [5.41, 5.74) is 0.511. The quantitative estimate of drug-likeness (QED) is 0.392. The van der Waals surface area contributed by atoms with Crippen molar-refractivity contribution in [1.82, 2.24) is 20.4 Å². The van der Waals surface area contributed by atoms with E-state index in [2.05, 4.69) is 32.3 Å². The number of nitrogens with one attached hydrogen (secondary N) is 2. The van der Waals surface area contributed by atoms with Gasteiger partial charge in [0.1, 0.15) is 0 Å². The fourth-order valence-corrected chi connectivity index (χ4v) is 4.40. The molecular formula is C17H34IN5. The Kier molecular flexibility index (Phi) is 7.41. The first-order valence-corrected chi connectivity index (χ1v) is 9.16. The number of halogens is 1. The molecule has 0 aromatic rings. The molecule has 0 aromatic carbocycles. The fourth-order valence-electron chi connectivity index (χ4n) is 4.40. The second-order valence-corrected chi connectivity index (χ2v) is 7.36. The third-order valence-electron chi connectivity index (χ3n) is 6.17. The van der Waals surface area contributed by atoms with Gasteiger partial charge in [-0.3, -0.25) is 14.8 Å². The average molecular weight is 435 g/mol. The Balaban J connectivity index is 0.00000192. The van der Waals surface area contributed by atoms with Crippen molar-refractivity contribution in [3.05, 3.63) is 0 Å². The smallest absolute Gasteiger partial charge is 0.191 e. The van der Waals surface area contributed by atoms with E-state index in [9.17, 15) is 0 Å². The van der Waals surface area contributed by atoms with Gasteiger partial charge in [0, 0.05) is 58.9 Å². The molecule has 0 radical (unpaired) electrons. The maximum atomic E-state index is 4.42. The lowest BCUT2D eigenvalue weighted by atomic mass is 9.83. The largest absolute Gasteiger partial charge is 0.356 e. The summed E-state index contributed by atoms with van der Waals surface area (Å²) >= 11 is 0. The molecule has 3 aliphatic heterocycles. The Morgan fingerprint density at radius 2 is 1.83 bits per heavy atom. The highest BCUT2D eigenvalue weighted by atomic mass is 127. The molecule has 23 heavy (non-hydrogen) atoms. The highest BCUT2D eigenvalue weighted by molar-refractivity contribution is 14.0. The van der Waals surface area contributed by atoms with E-state index in [0.717, 1.165) is 19.0 Å². The van der Waals surface area contributed by atoms with Gasteiger partial charge in [-0.2, -0.15) is 0 Å². The summed E-state index contributed by atoms with van der Waals surface area (Å²) in [5.74, 6) is 0.984. The normalized spacial score (nSPS) is 32.4. The molecule has 3 saturated heterocycles. The minimum Gasteiger partial charge on any atom is -0.356 e. The highest BCUT2D eigenvalue weighted by Gasteiger charge is 2.33. The van der Waals surface area contributed by atoms with Crippen LogP contribution in [-0.4, -0.2) is 74.7 Å². The lowest BCUT2D eigenvalue weighted by Gasteiger charge is -2.47. The van der Waals surface area contributed by atoms with Crippen molar-refractivity contribution in [3.63, 3.8) is 0 Å². The van der Waals surface area contributed by atoms with Gasteiger partial charge in [0.25, 0.3) is 0 Å². The molecule has 6 heteroatoms. The second-order valence-electron chi connectivity index (χ2n) is 7.36. The van der Waals surface area contributed by atoms with Crippen LogP contribution in [0.15, 0.2) is 4.99 Å². The minimum absolute atomic E-state index is 0. The molecule has 5 nitrogen and oxygen atoms in total. The molecule has 3 heterocycles. The van der Waals surface area contributed by atoms with Gasteiger partial charge in [0.15, 0.2) is 5.96 Å². The second kappa shape index (κ2) is 8.85. The summed E-state index contributed by atoms with van der Waals surface area (Å²) in [6, 6.07) is 0.646. The predicted octanol–water partition coefficient (Wildman–Crippen LogP) is 1.74. The zero-order valence-corrected chi connectivity index (χ0v) is 17.1. The van der Waals surface area contributed by atoms with Crippen molar-refractivity contribution in [2.45, 2.75) is 45.1 Å². The van der Waals surface area contributed by atoms with Crippen LogP contribution in [0.2, 0.25) is 0 Å². The van der Waals surface area contributed by atoms with Crippen LogP contribution in [0.1, 0.15) is 39.0 Å². The van der Waals surface area contributed by atoms with Gasteiger partial charge < -0.3 is 10.6 Å². The van der Waals surface area contributed by atoms with Gasteiger partial charge >= 0.3 is 0 Å². The summed E-state index contributed by atoms with van der Waals surface area (Å²) in [6.07, 6.45) is 6.82. The lowest BCUT2D eigenvalue weighted by molar-refractivity contribution is 0.0154. The SMILES string of the molecule is CCC1(CNC(=NC)NCC2CN3CCN2CC3)CCCC1.I. The van der Waals surface area contributed by atoms with E-state index in [1.165, 1.54) is 64.8 Å². The van der Waals surface area contributed by atoms with E-state index in [1.54, 1.807) is 0 Å². The minimum atomic E-state index is 0. The summed E-state index contributed by atoms with van der Waals surface area (Å²) in [5, 5.41) is 7.15. The van der Waals surface area contributed by atoms with E-state index in [4.69, 9.17) is 0 Å². The lowest BCUT2D eigenvalue weighted by Crippen LogP contribution is -2.64. The molecular weight excluding hydrogens is 401 g/mol. The van der Waals surface area contributed by atoms with Crippen molar-refractivity contribution in [2.75, 3.05) is 52.9 Å². The van der Waals surface area contributed by atoms with E-state index in [-0.39, 0.29) is 24.0 Å². The van der Waals surface area contributed by atoms with Crippen LogP contribution in [0.25, 0.3) is 0 Å². The van der Waals surface area contributed by atoms with Gasteiger partial charge in [0.05, 0.1) is 0 Å². The van der Waals surface area contributed by atoms with Gasteiger partial charge in [-0.1, -0.05) is 19.8 Å². The zero-order valence-electron chi connectivity index (χ0n) is 14.8. The van der Waals surface area contributed by atoms with Crippen LogP contribution in [-0.2, 0) is 0 Å². The third kappa shape index (κ3) is 4.72. The molecule has 2 N–H and O–H groups in total. The molecule has 0 spiro atoms. The molecule has 1 unspecified atom stereocenters. The highest BCUT2D eigenvalue weighted by Crippen LogP contribution is 2.40. The van der Waals surface area contributed by atoms with Crippen LogP contribution >= 0.6 is 24.0 Å². The summed E-state index contributed by atoms with van der Waals surface area (Å²) in [6.45, 7) is 10.6. The number of rotatable bonds is 5. The number of fused-ring (bicyclic) bond motifs is 3. The number of hydrogen-bond acceptors (Lipinski definition) is 3. The summed E-state index contributed by atoms with van der Waals surface area (Å²) in [4.78, 5) is 9.64. The van der Waals surface area contributed by atoms with Crippen molar-refractivity contribution in [1.29, 1.82) is 0 Å². The predicted molar refractivity (Wildman–Crippen MR) is 108 cm³/mol. The van der Waals surface area contributed by atoms with Gasteiger partial charge in [0.2, 0.25) is 0 Å². The third-order valence-corrected chi connectivity index (χ3v) is 6.17. The zero-order chi connectivity index (χ0) is 15.4. The molecule has 1 atom stereocenters. The average Bonchev–Trinajstić information content (AvgIpc) is 3.05. The first-order valence-electron chi connectivity index (χ1n) is 9.16. The maximum Gasteiger partial charge on any atom is 0.191 e. The number of piperazine rings is 3. The van der Waals surface area contributed by atoms with Crippen molar-refractivity contribution < 1.29 is 0 Å². The van der Waals surface area contributed by atoms with Crippen molar-refractivity contribution in [2.24, 2.45) is 10.4 Å². The molecule has 0 aromatic heterocycles. The summed E-state index contributed by atoms with van der Waals surface area (Å²) in [7, 11) is 1.89. The van der Waals surface area contributed by atoms with Crippen LogP contribution in [0.4, 0.5) is 0 Å². The number of aliphatic imine (C=N–C) groups is 1. The topological polar surface area (TPSA) is 42.9 Å². The summed E-state index contributed by atoms with van der Waals surface area (Å²) < 4.78 is 0. The van der Waals surface area contributed by atoms with Crippen LogP contribution in [0, 0.1) is 5.41 Å². The Labute approximate surface area is 158 Å². The first-order chi connectivity index (χ1) is 10.7. The molecule has 1 aliphatic carbocycles. The molecule has 1 saturated carbocycles. The Morgan fingerprint density at radius 3 is 2.35 bits per heavy atom. The molecule has 4 fully saturated rings. The Bertz CT molecular complexity index is 386. The van der Waals surface area contributed by atoms with Crippen molar-refractivity contribution >= 4 is 29.9 Å². The van der Waals surface area contributed by atoms with E-state index in [1.807, 2.05) is 7.05 Å². The first kappa shape index (κ1) is 19.2. The monoisotopic (exact) mass is 435 g/mol. The number of guanidine groups is 1. The fraction of sp³-hybridized carbons (Fsp3) is 0.941.